The van der Waals surface area contributed by atoms with Gasteiger partial charge in [-0.2, -0.15) is 0 Å². The normalized spacial score (nSPS) is 22.4. The van der Waals surface area contributed by atoms with Crippen molar-refractivity contribution < 1.29 is 4.39 Å². The summed E-state index contributed by atoms with van der Waals surface area (Å²) in [5.74, 6) is -0.0880. The van der Waals surface area contributed by atoms with Crippen molar-refractivity contribution in [1.29, 1.82) is 0 Å². The van der Waals surface area contributed by atoms with E-state index < -0.39 is 0 Å². The van der Waals surface area contributed by atoms with Crippen LogP contribution in [-0.4, -0.2) is 36.6 Å². The van der Waals surface area contributed by atoms with Crippen LogP contribution in [-0.2, 0) is 6.42 Å². The SMILES string of the molecule is CCN1CCCC(NC(C)Cc2ccccc2F)C1. The van der Waals surface area contributed by atoms with Crippen LogP contribution in [0.15, 0.2) is 24.3 Å². The van der Waals surface area contributed by atoms with Gasteiger partial charge in [0.25, 0.3) is 0 Å². The summed E-state index contributed by atoms with van der Waals surface area (Å²) in [7, 11) is 0. The van der Waals surface area contributed by atoms with E-state index in [2.05, 4.69) is 24.1 Å². The molecule has 1 saturated heterocycles. The Morgan fingerprint density at radius 1 is 1.42 bits per heavy atom. The second kappa shape index (κ2) is 7.01. The quantitative estimate of drug-likeness (QED) is 0.880. The monoisotopic (exact) mass is 264 g/mol. The van der Waals surface area contributed by atoms with Crippen LogP contribution in [0.5, 0.6) is 0 Å². The van der Waals surface area contributed by atoms with Crippen LogP contribution in [0.3, 0.4) is 0 Å². The average molecular weight is 264 g/mol. The van der Waals surface area contributed by atoms with E-state index >= 15 is 0 Å². The summed E-state index contributed by atoms with van der Waals surface area (Å²) < 4.78 is 13.6. The molecule has 0 amide bonds. The van der Waals surface area contributed by atoms with Gasteiger partial charge in [0.05, 0.1) is 0 Å². The first-order valence-electron chi connectivity index (χ1n) is 7.41. The molecule has 1 fully saturated rings. The summed E-state index contributed by atoms with van der Waals surface area (Å²) in [6.07, 6.45) is 3.26. The Morgan fingerprint density at radius 3 is 2.95 bits per heavy atom. The fourth-order valence-corrected chi connectivity index (χ4v) is 2.93. The minimum absolute atomic E-state index is 0.0880. The number of nitrogens with one attached hydrogen (secondary N) is 1. The fraction of sp³-hybridized carbons (Fsp3) is 0.625. The number of likely N-dealkylation sites (N-methyl/N-ethyl adjacent to an activating group) is 1. The number of benzene rings is 1. The smallest absolute Gasteiger partial charge is 0.126 e. The molecule has 0 aromatic heterocycles. The predicted molar refractivity (Wildman–Crippen MR) is 77.8 cm³/mol. The van der Waals surface area contributed by atoms with Gasteiger partial charge in [-0.1, -0.05) is 25.1 Å². The molecule has 1 aliphatic heterocycles. The van der Waals surface area contributed by atoms with Crippen LogP contribution in [0.1, 0.15) is 32.3 Å². The van der Waals surface area contributed by atoms with E-state index in [-0.39, 0.29) is 5.82 Å². The molecule has 0 saturated carbocycles. The highest BCUT2D eigenvalue weighted by Gasteiger charge is 2.20. The van der Waals surface area contributed by atoms with Gasteiger partial charge in [0, 0.05) is 18.6 Å². The van der Waals surface area contributed by atoms with E-state index in [1.54, 1.807) is 12.1 Å². The van der Waals surface area contributed by atoms with Crippen LogP contribution in [0.25, 0.3) is 0 Å². The first-order valence-corrected chi connectivity index (χ1v) is 7.41. The standard InChI is InChI=1S/C16H25FN2/c1-3-19-10-6-8-15(12-19)18-13(2)11-14-7-4-5-9-16(14)17/h4-5,7,9,13,15,18H,3,6,8,10-12H2,1-2H3. The number of hydrogen-bond acceptors (Lipinski definition) is 2. The lowest BCUT2D eigenvalue weighted by molar-refractivity contribution is 0.191. The van der Waals surface area contributed by atoms with Gasteiger partial charge in [-0.15, -0.1) is 0 Å². The first kappa shape index (κ1) is 14.5. The van der Waals surface area contributed by atoms with Gasteiger partial charge < -0.3 is 10.2 Å². The summed E-state index contributed by atoms with van der Waals surface area (Å²) in [5.41, 5.74) is 0.811. The maximum atomic E-state index is 13.6. The van der Waals surface area contributed by atoms with Gasteiger partial charge in [-0.25, -0.2) is 4.39 Å². The fourth-order valence-electron chi connectivity index (χ4n) is 2.93. The molecule has 3 heteroatoms. The Balaban J connectivity index is 1.84. The Labute approximate surface area is 116 Å². The van der Waals surface area contributed by atoms with E-state index in [4.69, 9.17) is 0 Å². The Kier molecular flexibility index (Phi) is 5.34. The predicted octanol–water partition coefficient (Wildman–Crippen LogP) is 2.83. The van der Waals surface area contributed by atoms with Gasteiger partial charge in [0.2, 0.25) is 0 Å². The molecule has 0 radical (unpaired) electrons. The lowest BCUT2D eigenvalue weighted by atomic mass is 10.0. The molecule has 2 nitrogen and oxygen atoms in total. The molecule has 19 heavy (non-hydrogen) atoms. The van der Waals surface area contributed by atoms with Gasteiger partial charge in [0.1, 0.15) is 5.82 Å². The maximum Gasteiger partial charge on any atom is 0.126 e. The van der Waals surface area contributed by atoms with Crippen molar-refractivity contribution in [3.05, 3.63) is 35.6 Å². The highest BCUT2D eigenvalue weighted by atomic mass is 19.1. The molecule has 2 rings (SSSR count). The third-order valence-electron chi connectivity index (χ3n) is 3.96. The van der Waals surface area contributed by atoms with Crippen molar-refractivity contribution in [2.75, 3.05) is 19.6 Å². The van der Waals surface area contributed by atoms with Crippen molar-refractivity contribution >= 4 is 0 Å². The lowest BCUT2D eigenvalue weighted by Gasteiger charge is -2.34. The summed E-state index contributed by atoms with van der Waals surface area (Å²) in [5, 5.41) is 3.65. The van der Waals surface area contributed by atoms with Crippen LogP contribution in [0, 0.1) is 5.82 Å². The summed E-state index contributed by atoms with van der Waals surface area (Å²) in [6, 6.07) is 7.95. The molecule has 106 valence electrons. The van der Waals surface area contributed by atoms with Crippen LogP contribution in [0.2, 0.25) is 0 Å². The molecular formula is C16H25FN2. The second-order valence-corrected chi connectivity index (χ2v) is 5.60. The zero-order chi connectivity index (χ0) is 13.7. The molecule has 1 heterocycles. The Bertz CT molecular complexity index is 394. The van der Waals surface area contributed by atoms with Crippen molar-refractivity contribution in [1.82, 2.24) is 10.2 Å². The molecule has 0 bridgehead atoms. The third-order valence-corrected chi connectivity index (χ3v) is 3.96. The van der Waals surface area contributed by atoms with Gasteiger partial charge in [-0.3, -0.25) is 0 Å². The van der Waals surface area contributed by atoms with Crippen LogP contribution < -0.4 is 5.32 Å². The Morgan fingerprint density at radius 2 is 2.21 bits per heavy atom. The summed E-state index contributed by atoms with van der Waals surface area (Å²) >= 11 is 0. The van der Waals surface area contributed by atoms with E-state index in [0.29, 0.717) is 12.1 Å². The maximum absolute atomic E-state index is 13.6. The number of halogens is 1. The lowest BCUT2D eigenvalue weighted by Crippen LogP contribution is -2.48. The Hall–Kier alpha value is -0.930. The zero-order valence-corrected chi connectivity index (χ0v) is 12.0. The van der Waals surface area contributed by atoms with Gasteiger partial charge in [-0.05, 0) is 50.9 Å². The number of rotatable bonds is 5. The third kappa shape index (κ3) is 4.29. The number of hydrogen-bond donors (Lipinski definition) is 1. The highest BCUT2D eigenvalue weighted by Crippen LogP contribution is 2.13. The largest absolute Gasteiger partial charge is 0.310 e. The molecular weight excluding hydrogens is 239 g/mol. The molecule has 1 aromatic carbocycles. The molecule has 2 unspecified atom stereocenters. The van der Waals surface area contributed by atoms with Crippen molar-refractivity contribution in [2.45, 2.75) is 45.2 Å². The van der Waals surface area contributed by atoms with Gasteiger partial charge in [0.15, 0.2) is 0 Å². The summed E-state index contributed by atoms with van der Waals surface area (Å²) in [6.45, 7) is 7.83. The molecule has 2 atom stereocenters. The van der Waals surface area contributed by atoms with E-state index in [1.807, 2.05) is 12.1 Å². The van der Waals surface area contributed by atoms with Crippen LogP contribution >= 0.6 is 0 Å². The van der Waals surface area contributed by atoms with E-state index in [0.717, 1.165) is 25.1 Å². The topological polar surface area (TPSA) is 15.3 Å². The molecule has 1 aromatic rings. The number of likely N-dealkylation sites (tertiary alicyclic amines) is 1. The second-order valence-electron chi connectivity index (χ2n) is 5.60. The average Bonchev–Trinajstić information content (AvgIpc) is 2.41. The van der Waals surface area contributed by atoms with Gasteiger partial charge >= 0.3 is 0 Å². The highest BCUT2D eigenvalue weighted by molar-refractivity contribution is 5.18. The summed E-state index contributed by atoms with van der Waals surface area (Å²) in [4.78, 5) is 2.48. The molecule has 0 aliphatic carbocycles. The van der Waals surface area contributed by atoms with Crippen molar-refractivity contribution in [2.24, 2.45) is 0 Å². The van der Waals surface area contributed by atoms with Crippen LogP contribution in [0.4, 0.5) is 4.39 Å². The van der Waals surface area contributed by atoms with E-state index in [9.17, 15) is 4.39 Å². The minimum atomic E-state index is -0.0880. The first-order chi connectivity index (χ1) is 9.19. The number of nitrogens with zero attached hydrogens (tertiary/aromatic N) is 1. The molecule has 1 N–H and O–H groups in total. The zero-order valence-electron chi connectivity index (χ0n) is 12.0. The van der Waals surface area contributed by atoms with E-state index in [1.165, 1.54) is 19.4 Å². The molecule has 0 spiro atoms. The minimum Gasteiger partial charge on any atom is -0.310 e. The number of piperidine rings is 1. The van der Waals surface area contributed by atoms with Crippen molar-refractivity contribution in [3.63, 3.8) is 0 Å². The van der Waals surface area contributed by atoms with Crippen molar-refractivity contribution in [3.8, 4) is 0 Å². The molecule has 1 aliphatic rings.